The maximum absolute atomic E-state index is 11.6. The fraction of sp³-hybridized carbons (Fsp3) is 0.667. The number of aromatic nitrogens is 3. The van der Waals surface area contributed by atoms with Gasteiger partial charge in [0.15, 0.2) is 0 Å². The second-order valence-corrected chi connectivity index (χ2v) is 7.12. The normalized spacial score (nSPS) is 13.3. The molecule has 2 rings (SSSR count). The number of carbonyl (C=O) groups excluding carboxylic acids is 3. The van der Waals surface area contributed by atoms with E-state index in [9.17, 15) is 14.4 Å². The van der Waals surface area contributed by atoms with Gasteiger partial charge in [0.1, 0.15) is 5.69 Å². The van der Waals surface area contributed by atoms with Crippen LogP contribution >= 0.6 is 0 Å². The zero-order chi connectivity index (χ0) is 23.7. The van der Waals surface area contributed by atoms with Crippen molar-refractivity contribution in [1.82, 2.24) is 25.2 Å². The third-order valence-corrected chi connectivity index (χ3v) is 4.43. The highest BCUT2D eigenvalue weighted by molar-refractivity contribution is 6.12. The van der Waals surface area contributed by atoms with E-state index < -0.39 is 0 Å². The largest absolute Gasteiger partial charge is 0.379 e. The van der Waals surface area contributed by atoms with E-state index in [-0.39, 0.29) is 24.3 Å². The maximum atomic E-state index is 11.6. The lowest BCUT2D eigenvalue weighted by Gasteiger charge is -2.10. The number of ether oxygens (including phenoxy) is 4. The second-order valence-electron chi connectivity index (χ2n) is 7.12. The van der Waals surface area contributed by atoms with E-state index in [0.29, 0.717) is 78.1 Å². The molecule has 0 bridgehead atoms. The third kappa shape index (κ3) is 11.1. The zero-order valence-corrected chi connectivity index (χ0v) is 19.1. The van der Waals surface area contributed by atoms with E-state index >= 15 is 0 Å². The minimum absolute atomic E-state index is 0.00472. The lowest BCUT2D eigenvalue weighted by Crippen LogP contribution is -2.29. The van der Waals surface area contributed by atoms with Gasteiger partial charge in [-0.05, 0) is 6.42 Å². The van der Waals surface area contributed by atoms with E-state index in [4.69, 9.17) is 18.9 Å². The molecule has 0 atom stereocenters. The van der Waals surface area contributed by atoms with Gasteiger partial charge < -0.3 is 24.3 Å². The van der Waals surface area contributed by atoms with Gasteiger partial charge in [-0.3, -0.25) is 19.3 Å². The van der Waals surface area contributed by atoms with Crippen LogP contribution in [0.1, 0.15) is 25.5 Å². The van der Waals surface area contributed by atoms with Crippen molar-refractivity contribution < 1.29 is 33.3 Å². The van der Waals surface area contributed by atoms with Crippen LogP contribution in [-0.4, -0.2) is 97.0 Å². The van der Waals surface area contributed by atoms with Gasteiger partial charge in [-0.25, -0.2) is 4.68 Å². The number of hydrogen-bond acceptors (Lipinski definition) is 9. The fourth-order valence-electron chi connectivity index (χ4n) is 2.71. The summed E-state index contributed by atoms with van der Waals surface area (Å²) in [4.78, 5) is 35.6. The SMILES string of the molecule is CCCNC(=O)CCOCCOCCOCCOCCn1cc(CN2C(=O)C=CC2=O)nn1. The minimum atomic E-state index is -0.347. The highest BCUT2D eigenvalue weighted by atomic mass is 16.6. The summed E-state index contributed by atoms with van der Waals surface area (Å²) >= 11 is 0. The first-order valence-electron chi connectivity index (χ1n) is 11.1. The molecule has 1 aromatic heterocycles. The average molecular weight is 468 g/mol. The molecule has 1 aromatic rings. The standard InChI is InChI=1S/C21H33N5O7/c1-2-6-22-19(27)5-8-30-10-12-32-14-15-33-13-11-31-9-7-25-16-18(23-24-25)17-26-20(28)3-4-21(26)29/h3-4,16H,2,5-15,17H2,1H3,(H,22,27). The first kappa shape index (κ1) is 26.6. The number of nitrogens with zero attached hydrogens (tertiary/aromatic N) is 4. The van der Waals surface area contributed by atoms with Crippen LogP contribution in [0.5, 0.6) is 0 Å². The molecule has 1 aliphatic heterocycles. The lowest BCUT2D eigenvalue weighted by molar-refractivity contribution is -0.137. The van der Waals surface area contributed by atoms with Crippen molar-refractivity contribution in [1.29, 1.82) is 0 Å². The number of carbonyl (C=O) groups is 3. The zero-order valence-electron chi connectivity index (χ0n) is 19.1. The van der Waals surface area contributed by atoms with Gasteiger partial charge >= 0.3 is 0 Å². The van der Waals surface area contributed by atoms with Gasteiger partial charge in [-0.15, -0.1) is 5.10 Å². The van der Waals surface area contributed by atoms with Crippen LogP contribution in [0.2, 0.25) is 0 Å². The Balaban J connectivity index is 1.36. The molecule has 0 aliphatic carbocycles. The molecular formula is C21H33N5O7. The Hall–Kier alpha value is -2.67. The monoisotopic (exact) mass is 467 g/mol. The van der Waals surface area contributed by atoms with Crippen LogP contribution in [0.15, 0.2) is 18.3 Å². The molecule has 12 nitrogen and oxygen atoms in total. The molecule has 0 radical (unpaired) electrons. The molecular weight excluding hydrogens is 434 g/mol. The topological polar surface area (TPSA) is 134 Å². The summed E-state index contributed by atoms with van der Waals surface area (Å²) in [7, 11) is 0. The Kier molecular flexibility index (Phi) is 12.9. The van der Waals surface area contributed by atoms with Gasteiger partial charge in [0.2, 0.25) is 5.91 Å². The van der Waals surface area contributed by atoms with Crippen molar-refractivity contribution in [3.63, 3.8) is 0 Å². The van der Waals surface area contributed by atoms with E-state index in [2.05, 4.69) is 15.6 Å². The number of nitrogens with one attached hydrogen (secondary N) is 1. The summed E-state index contributed by atoms with van der Waals surface area (Å²) in [6, 6.07) is 0. The van der Waals surface area contributed by atoms with Crippen LogP contribution in [0.3, 0.4) is 0 Å². The van der Waals surface area contributed by atoms with Crippen LogP contribution in [0, 0.1) is 0 Å². The summed E-state index contributed by atoms with van der Waals surface area (Å²) in [5.41, 5.74) is 0.534. The number of imide groups is 1. The van der Waals surface area contributed by atoms with E-state index in [1.165, 1.54) is 12.2 Å². The predicted molar refractivity (Wildman–Crippen MR) is 116 cm³/mol. The van der Waals surface area contributed by atoms with Crippen molar-refractivity contribution >= 4 is 17.7 Å². The summed E-state index contributed by atoms with van der Waals surface area (Å²) in [6.07, 6.45) is 5.44. The van der Waals surface area contributed by atoms with Crippen molar-refractivity contribution in [2.45, 2.75) is 32.9 Å². The van der Waals surface area contributed by atoms with Crippen LogP contribution in [0.4, 0.5) is 0 Å². The first-order chi connectivity index (χ1) is 16.1. The molecule has 1 aliphatic rings. The lowest BCUT2D eigenvalue weighted by atomic mass is 10.4. The predicted octanol–water partition coefficient (Wildman–Crippen LogP) is -0.314. The summed E-state index contributed by atoms with van der Waals surface area (Å²) in [5.74, 6) is -0.689. The number of hydrogen-bond donors (Lipinski definition) is 1. The molecule has 2 heterocycles. The quantitative estimate of drug-likeness (QED) is 0.215. The Morgan fingerprint density at radius 2 is 1.48 bits per heavy atom. The summed E-state index contributed by atoms with van der Waals surface area (Å²) in [6.45, 7) is 6.81. The summed E-state index contributed by atoms with van der Waals surface area (Å²) < 4.78 is 23.3. The van der Waals surface area contributed by atoms with Crippen molar-refractivity contribution in [3.8, 4) is 0 Å². The average Bonchev–Trinajstić information content (AvgIpc) is 3.39. The van der Waals surface area contributed by atoms with E-state index in [0.717, 1.165) is 11.3 Å². The van der Waals surface area contributed by atoms with Gasteiger partial charge in [0.05, 0.1) is 72.1 Å². The molecule has 0 saturated carbocycles. The van der Waals surface area contributed by atoms with Gasteiger partial charge in [-0.1, -0.05) is 12.1 Å². The molecule has 184 valence electrons. The molecule has 0 unspecified atom stereocenters. The van der Waals surface area contributed by atoms with Crippen molar-refractivity contribution in [3.05, 3.63) is 24.0 Å². The van der Waals surface area contributed by atoms with Crippen LogP contribution in [0.25, 0.3) is 0 Å². The first-order valence-corrected chi connectivity index (χ1v) is 11.1. The number of amides is 3. The Labute approximate surface area is 193 Å². The third-order valence-electron chi connectivity index (χ3n) is 4.43. The Morgan fingerprint density at radius 1 is 0.909 bits per heavy atom. The second kappa shape index (κ2) is 16.0. The fourth-order valence-corrected chi connectivity index (χ4v) is 2.71. The highest BCUT2D eigenvalue weighted by Crippen LogP contribution is 2.08. The highest BCUT2D eigenvalue weighted by Gasteiger charge is 2.24. The van der Waals surface area contributed by atoms with Gasteiger partial charge in [0.25, 0.3) is 11.8 Å². The molecule has 33 heavy (non-hydrogen) atoms. The van der Waals surface area contributed by atoms with E-state index in [1.807, 2.05) is 6.92 Å². The van der Waals surface area contributed by atoms with Crippen LogP contribution in [-0.2, 0) is 46.4 Å². The smallest absolute Gasteiger partial charge is 0.253 e. The van der Waals surface area contributed by atoms with Crippen LogP contribution < -0.4 is 5.32 Å². The van der Waals surface area contributed by atoms with Gasteiger partial charge in [0, 0.05) is 25.1 Å². The number of rotatable bonds is 19. The Bertz CT molecular complexity index is 750. The molecule has 12 heteroatoms. The molecule has 0 saturated heterocycles. The summed E-state index contributed by atoms with van der Waals surface area (Å²) in [5, 5.41) is 10.7. The van der Waals surface area contributed by atoms with Crippen molar-refractivity contribution in [2.75, 3.05) is 59.4 Å². The minimum Gasteiger partial charge on any atom is -0.379 e. The molecule has 0 aromatic carbocycles. The van der Waals surface area contributed by atoms with Crippen molar-refractivity contribution in [2.24, 2.45) is 0 Å². The molecule has 3 amide bonds. The van der Waals surface area contributed by atoms with Gasteiger partial charge in [-0.2, -0.15) is 0 Å². The Morgan fingerprint density at radius 3 is 2.09 bits per heavy atom. The molecule has 0 spiro atoms. The van der Waals surface area contributed by atoms with E-state index in [1.54, 1.807) is 10.9 Å². The molecule has 1 N–H and O–H groups in total. The maximum Gasteiger partial charge on any atom is 0.253 e. The molecule has 0 fully saturated rings.